The van der Waals surface area contributed by atoms with E-state index in [1.807, 2.05) is 27.7 Å². The molecule has 0 aliphatic rings. The summed E-state index contributed by atoms with van der Waals surface area (Å²) in [5, 5.41) is 18.9. The normalized spacial score (nSPS) is 10.6. The molecule has 1 aromatic carbocycles. The molecule has 0 aliphatic carbocycles. The van der Waals surface area contributed by atoms with Crippen LogP contribution in [-0.4, -0.2) is 35.4 Å². The van der Waals surface area contributed by atoms with E-state index in [1.165, 1.54) is 24.3 Å². The summed E-state index contributed by atoms with van der Waals surface area (Å²) in [6.45, 7) is 7.87. The molecule has 0 saturated carbocycles. The molecule has 0 bridgehead atoms. The van der Waals surface area contributed by atoms with Crippen LogP contribution in [0, 0.1) is 11.8 Å². The van der Waals surface area contributed by atoms with Crippen molar-refractivity contribution < 1.29 is 29.3 Å². The second kappa shape index (κ2) is 8.96. The molecule has 0 spiro atoms. The van der Waals surface area contributed by atoms with Gasteiger partial charge >= 0.3 is 11.9 Å². The molecule has 0 atom stereocenters. The lowest BCUT2D eigenvalue weighted by Crippen LogP contribution is -2.21. The SMILES string of the molecule is CC(C)COC(=O)C(=Cc1ccc(O)c(O)c1)C(=O)OCC(C)C. The number of phenols is 2. The van der Waals surface area contributed by atoms with Gasteiger partial charge in [-0.2, -0.15) is 0 Å². The molecule has 1 aromatic rings. The number of carbonyl (C=O) groups is 2. The van der Waals surface area contributed by atoms with Crippen molar-refractivity contribution in [2.45, 2.75) is 27.7 Å². The molecule has 6 nitrogen and oxygen atoms in total. The monoisotopic (exact) mass is 336 g/mol. The zero-order valence-electron chi connectivity index (χ0n) is 14.4. The zero-order valence-corrected chi connectivity index (χ0v) is 14.4. The van der Waals surface area contributed by atoms with E-state index in [0.717, 1.165) is 0 Å². The van der Waals surface area contributed by atoms with E-state index >= 15 is 0 Å². The summed E-state index contributed by atoms with van der Waals surface area (Å²) < 4.78 is 10.2. The van der Waals surface area contributed by atoms with E-state index in [2.05, 4.69) is 0 Å². The largest absolute Gasteiger partial charge is 0.504 e. The van der Waals surface area contributed by atoms with Gasteiger partial charge in [-0.1, -0.05) is 33.8 Å². The Kier molecular flexibility index (Phi) is 7.30. The summed E-state index contributed by atoms with van der Waals surface area (Å²) in [4.78, 5) is 24.4. The number of ether oxygens (including phenoxy) is 2. The van der Waals surface area contributed by atoms with E-state index in [9.17, 15) is 19.8 Å². The van der Waals surface area contributed by atoms with Gasteiger partial charge in [0.25, 0.3) is 0 Å². The maximum Gasteiger partial charge on any atom is 0.345 e. The highest BCUT2D eigenvalue weighted by molar-refractivity contribution is 6.17. The quantitative estimate of drug-likeness (QED) is 0.261. The first-order valence-electron chi connectivity index (χ1n) is 7.78. The highest BCUT2D eigenvalue weighted by Crippen LogP contribution is 2.26. The first-order chi connectivity index (χ1) is 11.2. The Bertz CT molecular complexity index is 590. The molecule has 0 heterocycles. The van der Waals surface area contributed by atoms with Gasteiger partial charge in [-0.15, -0.1) is 0 Å². The van der Waals surface area contributed by atoms with Gasteiger partial charge in [-0.3, -0.25) is 0 Å². The number of carbonyl (C=O) groups excluding carboxylic acids is 2. The summed E-state index contributed by atoms with van der Waals surface area (Å²) in [6.07, 6.45) is 1.27. The van der Waals surface area contributed by atoms with E-state index in [0.29, 0.717) is 5.56 Å². The summed E-state index contributed by atoms with van der Waals surface area (Å²) in [7, 11) is 0. The fraction of sp³-hybridized carbons (Fsp3) is 0.444. The zero-order chi connectivity index (χ0) is 18.3. The molecule has 0 aromatic heterocycles. The second-order valence-corrected chi connectivity index (χ2v) is 6.29. The third kappa shape index (κ3) is 6.32. The van der Waals surface area contributed by atoms with Crippen LogP contribution >= 0.6 is 0 Å². The molecule has 1 rings (SSSR count). The minimum absolute atomic E-state index is 0.125. The Balaban J connectivity index is 3.06. The first-order valence-corrected chi connectivity index (χ1v) is 7.78. The van der Waals surface area contributed by atoms with Crippen LogP contribution in [0.25, 0.3) is 6.08 Å². The highest BCUT2D eigenvalue weighted by atomic mass is 16.6. The number of esters is 2. The maximum absolute atomic E-state index is 12.2. The molecule has 24 heavy (non-hydrogen) atoms. The van der Waals surface area contributed by atoms with Crippen LogP contribution in [0.1, 0.15) is 33.3 Å². The van der Waals surface area contributed by atoms with Gasteiger partial charge in [-0.25, -0.2) is 9.59 Å². The average Bonchev–Trinajstić information content (AvgIpc) is 2.51. The van der Waals surface area contributed by atoms with E-state index in [4.69, 9.17) is 9.47 Å². The van der Waals surface area contributed by atoms with Gasteiger partial charge in [0.1, 0.15) is 5.57 Å². The van der Waals surface area contributed by atoms with Crippen LogP contribution in [0.4, 0.5) is 0 Å². The highest BCUT2D eigenvalue weighted by Gasteiger charge is 2.22. The predicted molar refractivity (Wildman–Crippen MR) is 89.3 cm³/mol. The van der Waals surface area contributed by atoms with Crippen LogP contribution < -0.4 is 0 Å². The summed E-state index contributed by atoms with van der Waals surface area (Å²) >= 11 is 0. The van der Waals surface area contributed by atoms with Gasteiger partial charge in [0.2, 0.25) is 0 Å². The number of aromatic hydroxyl groups is 2. The van der Waals surface area contributed by atoms with Crippen LogP contribution in [0.3, 0.4) is 0 Å². The summed E-state index contributed by atoms with van der Waals surface area (Å²) in [5.41, 5.74) is 0.102. The molecule has 132 valence electrons. The van der Waals surface area contributed by atoms with Crippen LogP contribution in [0.5, 0.6) is 11.5 Å². The van der Waals surface area contributed by atoms with Crippen molar-refractivity contribution in [3.05, 3.63) is 29.3 Å². The van der Waals surface area contributed by atoms with Crippen molar-refractivity contribution in [2.24, 2.45) is 11.8 Å². The number of hydrogen-bond acceptors (Lipinski definition) is 6. The van der Waals surface area contributed by atoms with Crippen molar-refractivity contribution in [1.29, 1.82) is 0 Å². The molecule has 0 amide bonds. The lowest BCUT2D eigenvalue weighted by molar-refractivity contribution is -0.148. The molecule has 6 heteroatoms. The minimum atomic E-state index is -0.787. The summed E-state index contributed by atoms with van der Waals surface area (Å²) in [6, 6.07) is 3.96. The van der Waals surface area contributed by atoms with Gasteiger partial charge in [0, 0.05) is 0 Å². The Morgan fingerprint density at radius 2 is 1.46 bits per heavy atom. The van der Waals surface area contributed by atoms with Crippen molar-refractivity contribution >= 4 is 18.0 Å². The predicted octanol–water partition coefficient (Wildman–Crippen LogP) is 2.88. The number of hydrogen-bond donors (Lipinski definition) is 2. The lowest BCUT2D eigenvalue weighted by Gasteiger charge is -2.11. The fourth-order valence-electron chi connectivity index (χ4n) is 1.64. The molecule has 0 saturated heterocycles. The number of rotatable bonds is 7. The topological polar surface area (TPSA) is 93.1 Å². The number of benzene rings is 1. The minimum Gasteiger partial charge on any atom is -0.504 e. The van der Waals surface area contributed by atoms with Gasteiger partial charge < -0.3 is 19.7 Å². The molecule has 0 aliphatic heterocycles. The Morgan fingerprint density at radius 3 is 1.88 bits per heavy atom. The lowest BCUT2D eigenvalue weighted by atomic mass is 10.1. The Labute approximate surface area is 141 Å². The van der Waals surface area contributed by atoms with E-state index in [1.54, 1.807) is 0 Å². The third-order valence-electron chi connectivity index (χ3n) is 2.85. The molecule has 2 N–H and O–H groups in total. The first kappa shape index (κ1) is 19.5. The van der Waals surface area contributed by atoms with Crippen LogP contribution in [-0.2, 0) is 19.1 Å². The van der Waals surface area contributed by atoms with Gasteiger partial charge in [0.05, 0.1) is 13.2 Å². The van der Waals surface area contributed by atoms with Gasteiger partial charge in [0.15, 0.2) is 11.5 Å². The van der Waals surface area contributed by atoms with E-state index in [-0.39, 0.29) is 42.1 Å². The number of phenolic OH excluding ortho intramolecular Hbond substituents is 2. The van der Waals surface area contributed by atoms with E-state index < -0.39 is 11.9 Å². The molecule has 0 fully saturated rings. The summed E-state index contributed by atoms with van der Waals surface area (Å²) in [5.74, 6) is -1.97. The fourth-order valence-corrected chi connectivity index (χ4v) is 1.64. The van der Waals surface area contributed by atoms with Gasteiger partial charge in [-0.05, 0) is 35.6 Å². The maximum atomic E-state index is 12.2. The van der Waals surface area contributed by atoms with Crippen molar-refractivity contribution in [2.75, 3.05) is 13.2 Å². The van der Waals surface area contributed by atoms with Crippen LogP contribution in [0.15, 0.2) is 23.8 Å². The molecular weight excluding hydrogens is 312 g/mol. The van der Waals surface area contributed by atoms with Crippen LogP contribution in [0.2, 0.25) is 0 Å². The van der Waals surface area contributed by atoms with Crippen molar-refractivity contribution in [3.8, 4) is 11.5 Å². The molecule has 0 radical (unpaired) electrons. The molecule has 0 unspecified atom stereocenters. The Morgan fingerprint density at radius 1 is 0.958 bits per heavy atom. The smallest absolute Gasteiger partial charge is 0.345 e. The Hall–Kier alpha value is -2.50. The average molecular weight is 336 g/mol. The molecular formula is C18H24O6. The third-order valence-corrected chi connectivity index (χ3v) is 2.85. The van der Waals surface area contributed by atoms with Crippen molar-refractivity contribution in [3.63, 3.8) is 0 Å². The standard InChI is InChI=1S/C18H24O6/c1-11(2)9-23-17(21)14(18(22)24-10-12(3)4)7-13-5-6-15(19)16(20)8-13/h5-8,11-12,19-20H,9-10H2,1-4H3. The van der Waals surface area contributed by atoms with Crippen molar-refractivity contribution in [1.82, 2.24) is 0 Å². The second-order valence-electron chi connectivity index (χ2n) is 6.29.